The number of rotatable bonds is 4. The van der Waals surface area contributed by atoms with Crippen LogP contribution in [0, 0.1) is 17.7 Å². The average molecular weight is 294 g/mol. The monoisotopic (exact) mass is 294 g/mol. The van der Waals surface area contributed by atoms with E-state index in [1.807, 2.05) is 0 Å². The fourth-order valence-electron chi connectivity index (χ4n) is 3.10. The Morgan fingerprint density at radius 3 is 2.57 bits per heavy atom. The molecule has 1 aliphatic carbocycles. The maximum absolute atomic E-state index is 14.0. The van der Waals surface area contributed by atoms with Crippen molar-refractivity contribution in [3.05, 3.63) is 35.1 Å². The molecular weight excluding hydrogens is 271 g/mol. The van der Waals surface area contributed by atoms with Crippen molar-refractivity contribution in [1.82, 2.24) is 0 Å². The third kappa shape index (κ3) is 4.17. The highest BCUT2D eigenvalue weighted by atomic mass is 19.1. The SMILES string of the molecule is CC1CC(C)CC(OCc2ccc(C(N)=NO)cc2F)C1. The van der Waals surface area contributed by atoms with Crippen LogP contribution >= 0.6 is 0 Å². The van der Waals surface area contributed by atoms with Gasteiger partial charge >= 0.3 is 0 Å². The zero-order chi connectivity index (χ0) is 15.4. The van der Waals surface area contributed by atoms with Gasteiger partial charge in [0.2, 0.25) is 0 Å². The van der Waals surface area contributed by atoms with E-state index in [1.54, 1.807) is 12.1 Å². The number of benzene rings is 1. The van der Waals surface area contributed by atoms with E-state index < -0.39 is 5.82 Å². The third-order valence-electron chi connectivity index (χ3n) is 4.07. The molecule has 0 radical (unpaired) electrons. The maximum Gasteiger partial charge on any atom is 0.170 e. The van der Waals surface area contributed by atoms with Crippen LogP contribution in [0.5, 0.6) is 0 Å². The lowest BCUT2D eigenvalue weighted by atomic mass is 9.82. The molecule has 2 unspecified atom stereocenters. The van der Waals surface area contributed by atoms with E-state index in [0.717, 1.165) is 12.8 Å². The highest BCUT2D eigenvalue weighted by Crippen LogP contribution is 2.30. The summed E-state index contributed by atoms with van der Waals surface area (Å²) in [5.74, 6) is 0.824. The summed E-state index contributed by atoms with van der Waals surface area (Å²) in [4.78, 5) is 0. The van der Waals surface area contributed by atoms with E-state index in [2.05, 4.69) is 19.0 Å². The summed E-state index contributed by atoms with van der Waals surface area (Å²) in [6, 6.07) is 4.52. The van der Waals surface area contributed by atoms with Gasteiger partial charge in [0.15, 0.2) is 5.84 Å². The van der Waals surface area contributed by atoms with Gasteiger partial charge in [-0.1, -0.05) is 31.1 Å². The van der Waals surface area contributed by atoms with Gasteiger partial charge in [-0.05, 0) is 37.2 Å². The number of nitrogens with zero attached hydrogens (tertiary/aromatic N) is 1. The molecule has 2 rings (SSSR count). The van der Waals surface area contributed by atoms with E-state index >= 15 is 0 Å². The van der Waals surface area contributed by atoms with Gasteiger partial charge in [0.1, 0.15) is 5.82 Å². The predicted molar refractivity (Wildman–Crippen MR) is 79.7 cm³/mol. The first-order valence-electron chi connectivity index (χ1n) is 7.37. The molecule has 5 heteroatoms. The minimum absolute atomic E-state index is 0.101. The van der Waals surface area contributed by atoms with Crippen LogP contribution < -0.4 is 5.73 Å². The fraction of sp³-hybridized carbons (Fsp3) is 0.562. The predicted octanol–water partition coefficient (Wildman–Crippen LogP) is 3.26. The Morgan fingerprint density at radius 1 is 1.33 bits per heavy atom. The van der Waals surface area contributed by atoms with Gasteiger partial charge in [0, 0.05) is 11.1 Å². The Bertz CT molecular complexity index is 509. The van der Waals surface area contributed by atoms with Gasteiger partial charge in [0.05, 0.1) is 12.7 Å². The van der Waals surface area contributed by atoms with Crippen LogP contribution in [0.4, 0.5) is 4.39 Å². The van der Waals surface area contributed by atoms with Crippen LogP contribution in [0.2, 0.25) is 0 Å². The van der Waals surface area contributed by atoms with Gasteiger partial charge in [-0.15, -0.1) is 0 Å². The van der Waals surface area contributed by atoms with Crippen LogP contribution in [0.3, 0.4) is 0 Å². The normalized spacial score (nSPS) is 26.8. The molecule has 1 saturated carbocycles. The highest BCUT2D eigenvalue weighted by molar-refractivity contribution is 5.97. The largest absolute Gasteiger partial charge is 0.409 e. The van der Waals surface area contributed by atoms with E-state index in [-0.39, 0.29) is 18.5 Å². The van der Waals surface area contributed by atoms with E-state index in [9.17, 15) is 4.39 Å². The number of hydrogen-bond donors (Lipinski definition) is 2. The molecule has 0 aliphatic heterocycles. The summed E-state index contributed by atoms with van der Waals surface area (Å²) in [6.07, 6.45) is 3.51. The zero-order valence-corrected chi connectivity index (χ0v) is 12.6. The first-order chi connectivity index (χ1) is 9.99. The van der Waals surface area contributed by atoms with Crippen molar-refractivity contribution >= 4 is 5.84 Å². The lowest BCUT2D eigenvalue weighted by Gasteiger charge is -2.31. The van der Waals surface area contributed by atoms with E-state index in [1.165, 1.54) is 12.5 Å². The third-order valence-corrected chi connectivity index (χ3v) is 4.07. The van der Waals surface area contributed by atoms with Crippen LogP contribution in [0.1, 0.15) is 44.2 Å². The molecule has 0 saturated heterocycles. The number of halogens is 1. The molecule has 0 heterocycles. The first-order valence-corrected chi connectivity index (χ1v) is 7.37. The standard InChI is InChI=1S/C16H23FN2O2/c1-10-5-11(2)7-14(6-10)21-9-13-4-3-12(8-15(13)17)16(18)19-20/h3-4,8,10-11,14,20H,5-7,9H2,1-2H3,(H2,18,19). The molecule has 0 aromatic heterocycles. The topological polar surface area (TPSA) is 67.8 Å². The number of amidine groups is 1. The number of hydrogen-bond acceptors (Lipinski definition) is 3. The van der Waals surface area contributed by atoms with Crippen LogP contribution in [-0.4, -0.2) is 17.1 Å². The smallest absolute Gasteiger partial charge is 0.170 e. The molecule has 1 aromatic carbocycles. The van der Waals surface area contributed by atoms with Gasteiger partial charge < -0.3 is 15.7 Å². The van der Waals surface area contributed by atoms with Gasteiger partial charge in [-0.3, -0.25) is 0 Å². The lowest BCUT2D eigenvalue weighted by molar-refractivity contribution is -0.0102. The molecular formula is C16H23FN2O2. The molecule has 0 bridgehead atoms. The highest BCUT2D eigenvalue weighted by Gasteiger charge is 2.24. The van der Waals surface area contributed by atoms with E-state index in [0.29, 0.717) is 23.0 Å². The van der Waals surface area contributed by atoms with Crippen molar-refractivity contribution in [1.29, 1.82) is 0 Å². The second-order valence-electron chi connectivity index (χ2n) is 6.14. The fourth-order valence-corrected chi connectivity index (χ4v) is 3.10. The first kappa shape index (κ1) is 15.8. The molecule has 3 N–H and O–H groups in total. The van der Waals surface area contributed by atoms with Crippen LogP contribution in [0.15, 0.2) is 23.4 Å². The summed E-state index contributed by atoms with van der Waals surface area (Å²) >= 11 is 0. The average Bonchev–Trinajstić information content (AvgIpc) is 2.44. The minimum atomic E-state index is -0.393. The molecule has 0 spiro atoms. The molecule has 1 aromatic rings. The van der Waals surface area contributed by atoms with Crippen molar-refractivity contribution in [2.24, 2.45) is 22.7 Å². The molecule has 21 heavy (non-hydrogen) atoms. The summed E-state index contributed by atoms with van der Waals surface area (Å²) in [5, 5.41) is 11.4. The quantitative estimate of drug-likeness (QED) is 0.387. The second kappa shape index (κ2) is 6.89. The van der Waals surface area contributed by atoms with Crippen molar-refractivity contribution in [2.75, 3.05) is 0 Å². The number of oxime groups is 1. The zero-order valence-electron chi connectivity index (χ0n) is 12.6. The van der Waals surface area contributed by atoms with Gasteiger partial charge in [-0.2, -0.15) is 0 Å². The molecule has 116 valence electrons. The maximum atomic E-state index is 14.0. The van der Waals surface area contributed by atoms with Crippen molar-refractivity contribution < 1.29 is 14.3 Å². The Morgan fingerprint density at radius 2 is 2.00 bits per heavy atom. The molecule has 2 atom stereocenters. The lowest BCUT2D eigenvalue weighted by Crippen LogP contribution is -2.26. The van der Waals surface area contributed by atoms with Crippen molar-refractivity contribution in [2.45, 2.75) is 45.8 Å². The van der Waals surface area contributed by atoms with Crippen molar-refractivity contribution in [3.8, 4) is 0 Å². The number of nitrogens with two attached hydrogens (primary N) is 1. The molecule has 1 fully saturated rings. The van der Waals surface area contributed by atoms with E-state index in [4.69, 9.17) is 15.7 Å². The number of ether oxygens (including phenoxy) is 1. The Balaban J connectivity index is 1.97. The van der Waals surface area contributed by atoms with Crippen molar-refractivity contribution in [3.63, 3.8) is 0 Å². The molecule has 4 nitrogen and oxygen atoms in total. The summed E-state index contributed by atoms with van der Waals surface area (Å²) in [7, 11) is 0. The Hall–Kier alpha value is -1.62. The van der Waals surface area contributed by atoms with Gasteiger partial charge in [-0.25, -0.2) is 4.39 Å². The van der Waals surface area contributed by atoms with Gasteiger partial charge in [0.25, 0.3) is 0 Å². The molecule has 1 aliphatic rings. The Labute approximate surface area is 124 Å². The summed E-state index contributed by atoms with van der Waals surface area (Å²) in [6.45, 7) is 4.73. The minimum Gasteiger partial charge on any atom is -0.409 e. The van der Waals surface area contributed by atoms with Crippen LogP contribution in [-0.2, 0) is 11.3 Å². The van der Waals surface area contributed by atoms with Crippen LogP contribution in [0.25, 0.3) is 0 Å². The molecule has 0 amide bonds. The Kier molecular flexibility index (Phi) is 5.17. The summed E-state index contributed by atoms with van der Waals surface area (Å²) < 4.78 is 19.8. The second-order valence-corrected chi connectivity index (χ2v) is 6.14. The summed E-state index contributed by atoms with van der Waals surface area (Å²) in [5.41, 5.74) is 6.29.